The van der Waals surface area contributed by atoms with E-state index in [-0.39, 0.29) is 35.2 Å². The Hall–Kier alpha value is -3.28. The van der Waals surface area contributed by atoms with Crippen LogP contribution in [-0.4, -0.2) is 17.5 Å². The van der Waals surface area contributed by atoms with Crippen LogP contribution in [0.15, 0.2) is 39.3 Å². The van der Waals surface area contributed by atoms with E-state index in [4.69, 9.17) is 19.6 Å². The number of ether oxygens (including phenoxy) is 2. The number of hydrogen-bond donors (Lipinski definition) is 1. The molecule has 1 aromatic rings. The molecule has 120 valence electrons. The van der Waals surface area contributed by atoms with Crippen LogP contribution >= 0.6 is 0 Å². The zero-order chi connectivity index (χ0) is 17.1. The molecule has 1 aromatic heterocycles. The van der Waals surface area contributed by atoms with Gasteiger partial charge in [-0.3, -0.25) is 10.1 Å². The second-order valence-corrected chi connectivity index (χ2v) is 4.55. The van der Waals surface area contributed by atoms with Crippen molar-refractivity contribution in [3.05, 3.63) is 50.8 Å². The number of allylic oxidation sites excluding steroid dienone is 2. The van der Waals surface area contributed by atoms with Crippen molar-refractivity contribution in [3.8, 4) is 6.07 Å². The summed E-state index contributed by atoms with van der Waals surface area (Å²) in [5.74, 6) is -2.27. The maximum absolute atomic E-state index is 12.2. The molecule has 2 N–H and O–H groups in total. The minimum absolute atomic E-state index is 0.0156. The van der Waals surface area contributed by atoms with E-state index in [2.05, 4.69) is 0 Å². The van der Waals surface area contributed by atoms with Gasteiger partial charge in [-0.05, 0) is 19.9 Å². The van der Waals surface area contributed by atoms with E-state index in [1.54, 1.807) is 6.92 Å². The summed E-state index contributed by atoms with van der Waals surface area (Å²) in [5, 5.41) is 20.1. The molecule has 0 radical (unpaired) electrons. The number of nitriles is 1. The molecule has 0 saturated carbocycles. The summed E-state index contributed by atoms with van der Waals surface area (Å²) in [5.41, 5.74) is 5.62. The van der Waals surface area contributed by atoms with E-state index in [1.807, 2.05) is 6.07 Å². The summed E-state index contributed by atoms with van der Waals surface area (Å²) >= 11 is 0. The van der Waals surface area contributed by atoms with Crippen LogP contribution in [-0.2, 0) is 14.3 Å². The summed E-state index contributed by atoms with van der Waals surface area (Å²) in [6.45, 7) is 3.22. The van der Waals surface area contributed by atoms with E-state index in [1.165, 1.54) is 13.0 Å². The third kappa shape index (κ3) is 2.87. The Morgan fingerprint density at radius 3 is 2.78 bits per heavy atom. The molecule has 0 spiro atoms. The van der Waals surface area contributed by atoms with Gasteiger partial charge in [0.2, 0.25) is 5.88 Å². The van der Waals surface area contributed by atoms with Crippen LogP contribution in [0.25, 0.3) is 0 Å². The highest BCUT2D eigenvalue weighted by molar-refractivity contribution is 5.92. The lowest BCUT2D eigenvalue weighted by atomic mass is 9.87. The monoisotopic (exact) mass is 319 g/mol. The van der Waals surface area contributed by atoms with Gasteiger partial charge >= 0.3 is 11.9 Å². The van der Waals surface area contributed by atoms with Crippen molar-refractivity contribution in [2.24, 2.45) is 5.73 Å². The van der Waals surface area contributed by atoms with E-state index in [0.717, 1.165) is 6.07 Å². The fourth-order valence-corrected chi connectivity index (χ4v) is 2.23. The number of nitro groups is 1. The van der Waals surface area contributed by atoms with Crippen molar-refractivity contribution < 1.29 is 23.6 Å². The molecule has 23 heavy (non-hydrogen) atoms. The largest absolute Gasteiger partial charge is 0.463 e. The fraction of sp³-hybridized carbons (Fsp3) is 0.286. The second-order valence-electron chi connectivity index (χ2n) is 4.55. The Bertz CT molecular complexity index is 768. The van der Waals surface area contributed by atoms with Gasteiger partial charge in [0.1, 0.15) is 28.1 Å². The van der Waals surface area contributed by atoms with E-state index in [0.29, 0.717) is 0 Å². The van der Waals surface area contributed by atoms with Crippen molar-refractivity contribution in [2.45, 2.75) is 19.8 Å². The molecule has 0 unspecified atom stereocenters. The van der Waals surface area contributed by atoms with Crippen molar-refractivity contribution in [1.82, 2.24) is 0 Å². The number of carbonyl (C=O) groups is 1. The van der Waals surface area contributed by atoms with Crippen molar-refractivity contribution in [1.29, 1.82) is 5.26 Å². The van der Waals surface area contributed by atoms with Crippen LogP contribution in [0.4, 0.5) is 5.88 Å². The minimum Gasteiger partial charge on any atom is -0.463 e. The summed E-state index contributed by atoms with van der Waals surface area (Å²) in [6.07, 6.45) is 0. The molecule has 0 bridgehead atoms. The highest BCUT2D eigenvalue weighted by Gasteiger charge is 2.38. The van der Waals surface area contributed by atoms with Gasteiger partial charge in [-0.1, -0.05) is 0 Å². The Balaban J connectivity index is 2.59. The molecule has 1 atom stereocenters. The van der Waals surface area contributed by atoms with Crippen LogP contribution in [0.2, 0.25) is 0 Å². The van der Waals surface area contributed by atoms with Gasteiger partial charge in [0.05, 0.1) is 24.2 Å². The number of esters is 1. The Morgan fingerprint density at radius 2 is 2.26 bits per heavy atom. The molecule has 2 heterocycles. The lowest BCUT2D eigenvalue weighted by Gasteiger charge is -2.24. The molecule has 9 nitrogen and oxygen atoms in total. The van der Waals surface area contributed by atoms with Gasteiger partial charge in [0.25, 0.3) is 0 Å². The second kappa shape index (κ2) is 6.23. The van der Waals surface area contributed by atoms with Crippen molar-refractivity contribution >= 4 is 11.9 Å². The average molecular weight is 319 g/mol. The van der Waals surface area contributed by atoms with Gasteiger partial charge in [-0.15, -0.1) is 0 Å². The van der Waals surface area contributed by atoms with Crippen LogP contribution < -0.4 is 5.73 Å². The first kappa shape index (κ1) is 16.1. The fourth-order valence-electron chi connectivity index (χ4n) is 2.23. The summed E-state index contributed by atoms with van der Waals surface area (Å²) in [6, 6.07) is 4.29. The molecular weight excluding hydrogens is 306 g/mol. The van der Waals surface area contributed by atoms with E-state index in [9.17, 15) is 20.2 Å². The molecule has 1 aliphatic heterocycles. The first-order valence-electron chi connectivity index (χ1n) is 6.60. The molecule has 0 fully saturated rings. The molecular formula is C14H13N3O6. The maximum Gasteiger partial charge on any atom is 0.433 e. The molecule has 0 aliphatic carbocycles. The van der Waals surface area contributed by atoms with Crippen LogP contribution in [0, 0.1) is 21.4 Å². The highest BCUT2D eigenvalue weighted by Crippen LogP contribution is 2.40. The smallest absolute Gasteiger partial charge is 0.433 e. The van der Waals surface area contributed by atoms with Gasteiger partial charge in [0, 0.05) is 0 Å². The number of furan rings is 1. The predicted molar refractivity (Wildman–Crippen MR) is 75.3 cm³/mol. The average Bonchev–Trinajstić information content (AvgIpc) is 2.96. The predicted octanol–water partition coefficient (Wildman–Crippen LogP) is 1.83. The number of nitrogens with two attached hydrogens (primary N) is 1. The van der Waals surface area contributed by atoms with E-state index >= 15 is 0 Å². The van der Waals surface area contributed by atoms with Gasteiger partial charge < -0.3 is 19.6 Å². The quantitative estimate of drug-likeness (QED) is 0.503. The van der Waals surface area contributed by atoms with Gasteiger partial charge in [0.15, 0.2) is 0 Å². The molecule has 9 heteroatoms. The number of hydrogen-bond acceptors (Lipinski definition) is 8. The molecule has 0 aromatic carbocycles. The zero-order valence-corrected chi connectivity index (χ0v) is 12.4. The standard InChI is InChI=1S/C14H13N3O6/c1-3-21-14(18)11-7(2)22-13(16)8(6-15)12(11)9-4-5-10(23-9)17(19)20/h4-5,12H,3,16H2,1-2H3/t12-/m0/s1. The van der Waals surface area contributed by atoms with Crippen molar-refractivity contribution in [2.75, 3.05) is 6.61 Å². The first-order valence-corrected chi connectivity index (χ1v) is 6.60. The van der Waals surface area contributed by atoms with Crippen LogP contribution in [0.1, 0.15) is 25.5 Å². The SMILES string of the molecule is CCOC(=O)C1=C(C)OC(N)=C(C#N)[C@H]1c1ccc([N+](=O)[O-])o1. The minimum atomic E-state index is -1.03. The van der Waals surface area contributed by atoms with E-state index < -0.39 is 22.7 Å². The number of nitrogens with zero attached hydrogens (tertiary/aromatic N) is 2. The van der Waals surface area contributed by atoms with Gasteiger partial charge in [-0.2, -0.15) is 5.26 Å². The molecule has 0 saturated heterocycles. The molecule has 1 aliphatic rings. The van der Waals surface area contributed by atoms with Crippen LogP contribution in [0.3, 0.4) is 0 Å². The first-order chi connectivity index (χ1) is 10.9. The third-order valence-electron chi connectivity index (χ3n) is 3.18. The summed E-state index contributed by atoms with van der Waals surface area (Å²) < 4.78 is 15.3. The van der Waals surface area contributed by atoms with Crippen molar-refractivity contribution in [3.63, 3.8) is 0 Å². The zero-order valence-electron chi connectivity index (χ0n) is 12.4. The Kier molecular flexibility index (Phi) is 4.36. The summed E-state index contributed by atoms with van der Waals surface area (Å²) in [7, 11) is 0. The molecule has 0 amide bonds. The third-order valence-corrected chi connectivity index (χ3v) is 3.18. The Labute approximate surface area is 130 Å². The summed E-state index contributed by atoms with van der Waals surface area (Å²) in [4.78, 5) is 22.2. The normalized spacial score (nSPS) is 17.5. The maximum atomic E-state index is 12.2. The highest BCUT2D eigenvalue weighted by atomic mass is 16.6. The number of rotatable bonds is 4. The lowest BCUT2D eigenvalue weighted by Crippen LogP contribution is -2.25. The number of carbonyl (C=O) groups excluding carboxylic acids is 1. The lowest BCUT2D eigenvalue weighted by molar-refractivity contribution is -0.402. The molecule has 2 rings (SSSR count). The Morgan fingerprint density at radius 1 is 1.57 bits per heavy atom. The topological polar surface area (TPSA) is 142 Å². The van der Waals surface area contributed by atoms with Gasteiger partial charge in [-0.25, -0.2) is 4.79 Å². The van der Waals surface area contributed by atoms with Crippen LogP contribution in [0.5, 0.6) is 0 Å².